The first-order valence-electron chi connectivity index (χ1n) is 7.42. The van der Waals surface area contributed by atoms with Gasteiger partial charge in [0.05, 0.1) is 11.2 Å². The van der Waals surface area contributed by atoms with Crippen LogP contribution < -0.4 is 0 Å². The van der Waals surface area contributed by atoms with Crippen molar-refractivity contribution in [1.82, 2.24) is 14.7 Å². The standard InChI is InChI=1S/C16H22ClN3/c1-12(17)13-7-9-20(10-8-13)11-15-14-5-3-4-6-16(14)19(2)18-15/h3-6,12-13H,7-11H2,1-2H3. The maximum Gasteiger partial charge on any atom is 0.0843 e. The van der Waals surface area contributed by atoms with Crippen molar-refractivity contribution in [2.75, 3.05) is 13.1 Å². The molecule has 4 heteroatoms. The minimum Gasteiger partial charge on any atom is -0.297 e. The predicted octanol–water partition coefficient (Wildman–Crippen LogP) is 3.41. The molecule has 0 bridgehead atoms. The third-order valence-corrected chi connectivity index (χ3v) is 4.85. The Morgan fingerprint density at radius 2 is 2.00 bits per heavy atom. The first-order chi connectivity index (χ1) is 9.65. The van der Waals surface area contributed by atoms with E-state index in [4.69, 9.17) is 11.6 Å². The number of hydrogen-bond acceptors (Lipinski definition) is 2. The van der Waals surface area contributed by atoms with Crippen LogP contribution in [0.15, 0.2) is 24.3 Å². The molecule has 20 heavy (non-hydrogen) atoms. The molecule has 0 amide bonds. The van der Waals surface area contributed by atoms with Crippen molar-refractivity contribution in [2.24, 2.45) is 13.0 Å². The Bertz CT molecular complexity index is 582. The summed E-state index contributed by atoms with van der Waals surface area (Å²) in [6.45, 7) is 5.33. The fraction of sp³-hybridized carbons (Fsp3) is 0.562. The largest absolute Gasteiger partial charge is 0.297 e. The molecule has 108 valence electrons. The van der Waals surface area contributed by atoms with E-state index in [9.17, 15) is 0 Å². The van der Waals surface area contributed by atoms with Crippen LogP contribution in [-0.2, 0) is 13.6 Å². The number of aromatic nitrogens is 2. The Labute approximate surface area is 125 Å². The minimum absolute atomic E-state index is 0.299. The fourth-order valence-electron chi connectivity index (χ4n) is 3.19. The van der Waals surface area contributed by atoms with E-state index < -0.39 is 0 Å². The summed E-state index contributed by atoms with van der Waals surface area (Å²) < 4.78 is 1.98. The summed E-state index contributed by atoms with van der Waals surface area (Å²) in [6.07, 6.45) is 2.41. The number of likely N-dealkylation sites (tertiary alicyclic amines) is 1. The maximum atomic E-state index is 6.21. The number of nitrogens with zero attached hydrogens (tertiary/aromatic N) is 3. The van der Waals surface area contributed by atoms with E-state index in [0.717, 1.165) is 19.6 Å². The summed E-state index contributed by atoms with van der Waals surface area (Å²) in [5, 5.41) is 6.27. The summed E-state index contributed by atoms with van der Waals surface area (Å²) in [4.78, 5) is 2.50. The molecule has 1 aliphatic heterocycles. The quantitative estimate of drug-likeness (QED) is 0.808. The molecule has 0 N–H and O–H groups in total. The van der Waals surface area contributed by atoms with Gasteiger partial charge in [-0.3, -0.25) is 9.58 Å². The number of fused-ring (bicyclic) bond motifs is 1. The maximum absolute atomic E-state index is 6.21. The van der Waals surface area contributed by atoms with Gasteiger partial charge in [0.25, 0.3) is 0 Å². The topological polar surface area (TPSA) is 21.1 Å². The van der Waals surface area contributed by atoms with Crippen molar-refractivity contribution < 1.29 is 0 Å². The number of para-hydroxylation sites is 1. The molecule has 1 aliphatic rings. The molecule has 1 atom stereocenters. The highest BCUT2D eigenvalue weighted by atomic mass is 35.5. The number of benzene rings is 1. The SMILES string of the molecule is CC(Cl)C1CCN(Cc2nn(C)c3ccccc23)CC1. The zero-order valence-corrected chi connectivity index (χ0v) is 13.0. The predicted molar refractivity (Wildman–Crippen MR) is 84.0 cm³/mol. The van der Waals surface area contributed by atoms with Crippen molar-refractivity contribution in [3.63, 3.8) is 0 Å². The molecule has 1 aromatic carbocycles. The number of alkyl halides is 1. The van der Waals surface area contributed by atoms with Crippen LogP contribution in [0.1, 0.15) is 25.5 Å². The Morgan fingerprint density at radius 3 is 2.70 bits per heavy atom. The Morgan fingerprint density at radius 1 is 1.30 bits per heavy atom. The summed E-state index contributed by atoms with van der Waals surface area (Å²) in [7, 11) is 2.02. The van der Waals surface area contributed by atoms with Gasteiger partial charge in [-0.1, -0.05) is 18.2 Å². The number of piperidine rings is 1. The molecule has 1 unspecified atom stereocenters. The molecule has 0 aliphatic carbocycles. The molecule has 1 fully saturated rings. The third-order valence-electron chi connectivity index (χ3n) is 4.49. The van der Waals surface area contributed by atoms with Gasteiger partial charge in [0.2, 0.25) is 0 Å². The lowest BCUT2D eigenvalue weighted by Gasteiger charge is -2.32. The average molecular weight is 292 g/mol. The van der Waals surface area contributed by atoms with Gasteiger partial charge in [0.15, 0.2) is 0 Å². The molecule has 1 saturated heterocycles. The minimum atomic E-state index is 0.299. The second kappa shape index (κ2) is 5.74. The van der Waals surface area contributed by atoms with Crippen LogP contribution in [-0.4, -0.2) is 33.1 Å². The normalized spacial score (nSPS) is 19.6. The van der Waals surface area contributed by atoms with E-state index in [-0.39, 0.29) is 0 Å². The summed E-state index contributed by atoms with van der Waals surface area (Å²) in [6, 6.07) is 8.47. The van der Waals surface area contributed by atoms with Crippen LogP contribution in [0.4, 0.5) is 0 Å². The van der Waals surface area contributed by atoms with Crippen LogP contribution in [0.3, 0.4) is 0 Å². The van der Waals surface area contributed by atoms with Gasteiger partial charge >= 0.3 is 0 Å². The number of hydrogen-bond donors (Lipinski definition) is 0. The van der Waals surface area contributed by atoms with E-state index >= 15 is 0 Å². The van der Waals surface area contributed by atoms with Crippen molar-refractivity contribution >= 4 is 22.5 Å². The average Bonchev–Trinajstić information content (AvgIpc) is 2.77. The highest BCUT2D eigenvalue weighted by Crippen LogP contribution is 2.26. The molecule has 2 aromatic rings. The van der Waals surface area contributed by atoms with Crippen molar-refractivity contribution in [2.45, 2.75) is 31.7 Å². The molecule has 0 radical (unpaired) electrons. The van der Waals surface area contributed by atoms with E-state index in [2.05, 4.69) is 41.2 Å². The van der Waals surface area contributed by atoms with Crippen LogP contribution >= 0.6 is 11.6 Å². The first-order valence-corrected chi connectivity index (χ1v) is 7.86. The molecule has 0 saturated carbocycles. The van der Waals surface area contributed by atoms with Crippen LogP contribution in [0.25, 0.3) is 10.9 Å². The summed E-state index contributed by atoms with van der Waals surface area (Å²) in [5.41, 5.74) is 2.41. The lowest BCUT2D eigenvalue weighted by molar-refractivity contribution is 0.175. The van der Waals surface area contributed by atoms with Gasteiger partial charge in [0.1, 0.15) is 0 Å². The van der Waals surface area contributed by atoms with Crippen LogP contribution in [0.2, 0.25) is 0 Å². The van der Waals surface area contributed by atoms with Crippen LogP contribution in [0.5, 0.6) is 0 Å². The van der Waals surface area contributed by atoms with Gasteiger partial charge in [-0.15, -0.1) is 11.6 Å². The third kappa shape index (κ3) is 2.70. The highest BCUT2D eigenvalue weighted by molar-refractivity contribution is 6.20. The summed E-state index contributed by atoms with van der Waals surface area (Å²) in [5.74, 6) is 0.674. The van der Waals surface area contributed by atoms with Crippen molar-refractivity contribution in [3.05, 3.63) is 30.0 Å². The zero-order valence-electron chi connectivity index (χ0n) is 12.2. The second-order valence-corrected chi connectivity index (χ2v) is 6.57. The molecule has 2 heterocycles. The van der Waals surface area contributed by atoms with Crippen molar-refractivity contribution in [3.8, 4) is 0 Å². The van der Waals surface area contributed by atoms with Gasteiger partial charge in [-0.2, -0.15) is 5.10 Å². The van der Waals surface area contributed by atoms with Crippen molar-refractivity contribution in [1.29, 1.82) is 0 Å². The van der Waals surface area contributed by atoms with E-state index in [1.165, 1.54) is 29.4 Å². The smallest absolute Gasteiger partial charge is 0.0843 e. The highest BCUT2D eigenvalue weighted by Gasteiger charge is 2.23. The van der Waals surface area contributed by atoms with Gasteiger partial charge in [-0.05, 0) is 44.8 Å². The Balaban J connectivity index is 1.72. The zero-order chi connectivity index (χ0) is 14.1. The number of halogens is 1. The van der Waals surface area contributed by atoms with Gasteiger partial charge in [-0.25, -0.2) is 0 Å². The lowest BCUT2D eigenvalue weighted by Crippen LogP contribution is -2.35. The molecular weight excluding hydrogens is 270 g/mol. The van der Waals surface area contributed by atoms with Crippen LogP contribution in [0, 0.1) is 5.92 Å². The molecule has 3 nitrogen and oxygen atoms in total. The monoisotopic (exact) mass is 291 g/mol. The molecule has 1 aromatic heterocycles. The summed E-state index contributed by atoms with van der Waals surface area (Å²) >= 11 is 6.21. The Kier molecular flexibility index (Phi) is 3.99. The Hall–Kier alpha value is -1.06. The molecule has 0 spiro atoms. The molecular formula is C16H22ClN3. The van der Waals surface area contributed by atoms with E-state index in [1.807, 2.05) is 11.7 Å². The lowest BCUT2D eigenvalue weighted by atomic mass is 9.94. The first kappa shape index (κ1) is 13.9. The second-order valence-electron chi connectivity index (χ2n) is 5.88. The van der Waals surface area contributed by atoms with Gasteiger partial charge < -0.3 is 0 Å². The van der Waals surface area contributed by atoms with Gasteiger partial charge in [0, 0.05) is 24.4 Å². The number of aryl methyl sites for hydroxylation is 1. The fourth-order valence-corrected chi connectivity index (χ4v) is 3.44. The van der Waals surface area contributed by atoms with E-state index in [0.29, 0.717) is 11.3 Å². The number of rotatable bonds is 3. The molecule has 3 rings (SSSR count). The van der Waals surface area contributed by atoms with E-state index in [1.54, 1.807) is 0 Å².